The highest BCUT2D eigenvalue weighted by atomic mass is 16.2. The summed E-state index contributed by atoms with van der Waals surface area (Å²) >= 11 is 0. The molecule has 0 bridgehead atoms. The van der Waals surface area contributed by atoms with E-state index in [0.717, 1.165) is 19.5 Å². The summed E-state index contributed by atoms with van der Waals surface area (Å²) in [5.74, 6) is -0.0200. The molecule has 1 heterocycles. The number of hydrogen-bond acceptors (Lipinski definition) is 3. The van der Waals surface area contributed by atoms with Crippen LogP contribution in [-0.4, -0.2) is 30.9 Å². The Morgan fingerprint density at radius 3 is 2.62 bits per heavy atom. The van der Waals surface area contributed by atoms with Crippen LogP contribution < -0.4 is 15.5 Å². The molecular formula is C19H21N3O2. The van der Waals surface area contributed by atoms with E-state index in [1.807, 2.05) is 18.2 Å². The van der Waals surface area contributed by atoms with Crippen LogP contribution in [0.2, 0.25) is 0 Å². The van der Waals surface area contributed by atoms with E-state index in [0.29, 0.717) is 11.3 Å². The zero-order valence-electron chi connectivity index (χ0n) is 13.7. The van der Waals surface area contributed by atoms with Crippen molar-refractivity contribution in [3.63, 3.8) is 0 Å². The predicted octanol–water partition coefficient (Wildman–Crippen LogP) is 3.29. The Labute approximate surface area is 141 Å². The maximum Gasteiger partial charge on any atom is 0.319 e. The number of Topliss-reactive ketones (excluding diaryl/α,β-unsaturated/α-hetero) is 1. The largest absolute Gasteiger partial charge is 0.369 e. The van der Waals surface area contributed by atoms with Crippen molar-refractivity contribution in [2.24, 2.45) is 0 Å². The van der Waals surface area contributed by atoms with Gasteiger partial charge in [-0.15, -0.1) is 0 Å². The Balaban J connectivity index is 1.54. The van der Waals surface area contributed by atoms with E-state index >= 15 is 0 Å². The number of para-hydroxylation sites is 1. The first-order valence-electron chi connectivity index (χ1n) is 8.10. The molecule has 2 amide bonds. The number of urea groups is 1. The summed E-state index contributed by atoms with van der Waals surface area (Å²) in [6.45, 7) is 3.23. The first kappa shape index (κ1) is 16.1. The molecule has 0 radical (unpaired) electrons. The van der Waals surface area contributed by atoms with Gasteiger partial charge in [0, 0.05) is 36.1 Å². The van der Waals surface area contributed by atoms with Crippen LogP contribution in [0.1, 0.15) is 23.7 Å². The molecule has 24 heavy (non-hydrogen) atoms. The molecule has 0 aromatic heterocycles. The highest BCUT2D eigenvalue weighted by molar-refractivity contribution is 5.96. The van der Waals surface area contributed by atoms with Crippen molar-refractivity contribution >= 4 is 23.2 Å². The van der Waals surface area contributed by atoms with E-state index in [9.17, 15) is 9.59 Å². The SMILES string of the molecule is CC(=O)c1cccc(NC(=O)N[C@@H]2CCN(c3ccccc3)C2)c1. The minimum Gasteiger partial charge on any atom is -0.369 e. The van der Waals surface area contributed by atoms with Gasteiger partial charge < -0.3 is 15.5 Å². The van der Waals surface area contributed by atoms with Crippen LogP contribution in [0.25, 0.3) is 0 Å². The monoisotopic (exact) mass is 323 g/mol. The molecule has 1 saturated heterocycles. The molecule has 1 atom stereocenters. The lowest BCUT2D eigenvalue weighted by Gasteiger charge is -2.19. The Morgan fingerprint density at radius 1 is 1.08 bits per heavy atom. The van der Waals surface area contributed by atoms with Crippen LogP contribution in [0, 0.1) is 0 Å². The number of ketones is 1. The highest BCUT2D eigenvalue weighted by Crippen LogP contribution is 2.19. The topological polar surface area (TPSA) is 61.4 Å². The first-order chi connectivity index (χ1) is 11.6. The number of benzene rings is 2. The summed E-state index contributed by atoms with van der Waals surface area (Å²) < 4.78 is 0. The number of anilines is 2. The van der Waals surface area contributed by atoms with E-state index in [1.54, 1.807) is 24.3 Å². The van der Waals surface area contributed by atoms with Gasteiger partial charge >= 0.3 is 6.03 Å². The number of amides is 2. The van der Waals surface area contributed by atoms with Gasteiger partial charge in [-0.1, -0.05) is 30.3 Å². The van der Waals surface area contributed by atoms with Gasteiger partial charge in [0.15, 0.2) is 5.78 Å². The van der Waals surface area contributed by atoms with Crippen LogP contribution in [-0.2, 0) is 0 Å². The minimum absolute atomic E-state index is 0.0200. The average molecular weight is 323 g/mol. The molecule has 0 spiro atoms. The molecule has 5 heteroatoms. The minimum atomic E-state index is -0.240. The van der Waals surface area contributed by atoms with Gasteiger partial charge in [-0.2, -0.15) is 0 Å². The number of rotatable bonds is 4. The van der Waals surface area contributed by atoms with Crippen molar-refractivity contribution in [2.45, 2.75) is 19.4 Å². The zero-order valence-corrected chi connectivity index (χ0v) is 13.7. The van der Waals surface area contributed by atoms with E-state index in [1.165, 1.54) is 12.6 Å². The molecule has 0 saturated carbocycles. The third-order valence-electron chi connectivity index (χ3n) is 4.17. The molecule has 2 N–H and O–H groups in total. The molecular weight excluding hydrogens is 302 g/mol. The second-order valence-electron chi connectivity index (χ2n) is 6.00. The van der Waals surface area contributed by atoms with Crippen LogP contribution in [0.5, 0.6) is 0 Å². The third kappa shape index (κ3) is 3.93. The van der Waals surface area contributed by atoms with Crippen LogP contribution in [0.3, 0.4) is 0 Å². The fourth-order valence-electron chi connectivity index (χ4n) is 2.92. The number of nitrogens with one attached hydrogen (secondary N) is 2. The molecule has 2 aromatic carbocycles. The zero-order chi connectivity index (χ0) is 16.9. The van der Waals surface area contributed by atoms with E-state index in [4.69, 9.17) is 0 Å². The van der Waals surface area contributed by atoms with Gasteiger partial charge in [-0.05, 0) is 37.6 Å². The highest BCUT2D eigenvalue weighted by Gasteiger charge is 2.23. The summed E-state index contributed by atoms with van der Waals surface area (Å²) in [6, 6.07) is 17.0. The van der Waals surface area contributed by atoms with E-state index in [2.05, 4.69) is 27.7 Å². The summed E-state index contributed by atoms with van der Waals surface area (Å²) in [7, 11) is 0. The Morgan fingerprint density at radius 2 is 1.88 bits per heavy atom. The van der Waals surface area contributed by atoms with Crippen LogP contribution in [0.4, 0.5) is 16.2 Å². The summed E-state index contributed by atoms with van der Waals surface area (Å²) in [5.41, 5.74) is 2.39. The molecule has 1 aliphatic heterocycles. The van der Waals surface area contributed by atoms with E-state index in [-0.39, 0.29) is 17.9 Å². The Hall–Kier alpha value is -2.82. The Bertz CT molecular complexity index is 730. The van der Waals surface area contributed by atoms with Crippen molar-refractivity contribution in [3.05, 3.63) is 60.2 Å². The van der Waals surface area contributed by atoms with Crippen molar-refractivity contribution in [1.29, 1.82) is 0 Å². The fourth-order valence-corrected chi connectivity index (χ4v) is 2.92. The molecule has 2 aromatic rings. The lowest BCUT2D eigenvalue weighted by molar-refractivity contribution is 0.101. The van der Waals surface area contributed by atoms with Gasteiger partial charge in [0.1, 0.15) is 0 Å². The second-order valence-corrected chi connectivity index (χ2v) is 6.00. The number of carbonyl (C=O) groups excluding carboxylic acids is 2. The van der Waals surface area contributed by atoms with Crippen LogP contribution >= 0.6 is 0 Å². The molecule has 124 valence electrons. The summed E-state index contributed by atoms with van der Waals surface area (Å²) in [6.07, 6.45) is 0.912. The number of nitrogens with zero attached hydrogens (tertiary/aromatic N) is 1. The average Bonchev–Trinajstić information content (AvgIpc) is 3.04. The maximum absolute atomic E-state index is 12.2. The molecule has 0 aliphatic carbocycles. The van der Waals surface area contributed by atoms with Gasteiger partial charge in [-0.3, -0.25) is 4.79 Å². The van der Waals surface area contributed by atoms with Gasteiger partial charge in [-0.25, -0.2) is 4.79 Å². The van der Waals surface area contributed by atoms with Crippen molar-refractivity contribution in [2.75, 3.05) is 23.3 Å². The number of carbonyl (C=O) groups is 2. The number of hydrogen-bond donors (Lipinski definition) is 2. The third-order valence-corrected chi connectivity index (χ3v) is 4.17. The lowest BCUT2D eigenvalue weighted by atomic mass is 10.1. The van der Waals surface area contributed by atoms with Gasteiger partial charge in [0.25, 0.3) is 0 Å². The summed E-state index contributed by atoms with van der Waals surface area (Å²) in [4.78, 5) is 25.8. The molecule has 5 nitrogen and oxygen atoms in total. The molecule has 1 aliphatic rings. The normalized spacial score (nSPS) is 16.7. The maximum atomic E-state index is 12.2. The van der Waals surface area contributed by atoms with Crippen LogP contribution in [0.15, 0.2) is 54.6 Å². The van der Waals surface area contributed by atoms with E-state index < -0.39 is 0 Å². The standard InChI is InChI=1S/C19H21N3O2/c1-14(23)15-6-5-7-16(12-15)20-19(24)21-17-10-11-22(13-17)18-8-3-2-4-9-18/h2-9,12,17H,10-11,13H2,1H3,(H2,20,21,24)/t17-/m1/s1. The van der Waals surface area contributed by atoms with Gasteiger partial charge in [0.2, 0.25) is 0 Å². The van der Waals surface area contributed by atoms with Crippen molar-refractivity contribution < 1.29 is 9.59 Å². The van der Waals surface area contributed by atoms with Gasteiger partial charge in [0.05, 0.1) is 0 Å². The molecule has 3 rings (SSSR count). The first-order valence-corrected chi connectivity index (χ1v) is 8.10. The van der Waals surface area contributed by atoms with Crippen molar-refractivity contribution in [1.82, 2.24) is 5.32 Å². The molecule has 0 unspecified atom stereocenters. The summed E-state index contributed by atoms with van der Waals surface area (Å²) in [5, 5.41) is 5.80. The van der Waals surface area contributed by atoms with Crippen molar-refractivity contribution in [3.8, 4) is 0 Å². The smallest absolute Gasteiger partial charge is 0.319 e. The second kappa shape index (κ2) is 7.17. The fraction of sp³-hybridized carbons (Fsp3) is 0.263. The predicted molar refractivity (Wildman–Crippen MR) is 95.7 cm³/mol. The molecule has 1 fully saturated rings. The lowest BCUT2D eigenvalue weighted by Crippen LogP contribution is -2.39. The quantitative estimate of drug-likeness (QED) is 0.849. The Kier molecular flexibility index (Phi) is 4.79.